The van der Waals surface area contributed by atoms with E-state index in [2.05, 4.69) is 37.5 Å². The number of rotatable bonds is 5. The first kappa shape index (κ1) is 19.6. The van der Waals surface area contributed by atoms with E-state index in [1.165, 1.54) is 17.3 Å². The number of aromatic nitrogens is 3. The summed E-state index contributed by atoms with van der Waals surface area (Å²) in [6, 6.07) is 12.1. The van der Waals surface area contributed by atoms with Gasteiger partial charge < -0.3 is 9.88 Å². The van der Waals surface area contributed by atoms with Crippen molar-refractivity contribution in [1.82, 2.24) is 14.8 Å². The number of halogens is 1. The Balaban J connectivity index is 1.68. The van der Waals surface area contributed by atoms with Crippen molar-refractivity contribution in [2.24, 2.45) is 7.05 Å². The zero-order chi connectivity index (χ0) is 19.6. The van der Waals surface area contributed by atoms with Gasteiger partial charge in [-0.05, 0) is 50.1 Å². The van der Waals surface area contributed by atoms with Crippen molar-refractivity contribution in [2.75, 3.05) is 11.1 Å². The first-order chi connectivity index (χ1) is 12.8. The largest absolute Gasteiger partial charge is 0.325 e. The molecule has 0 aliphatic rings. The van der Waals surface area contributed by atoms with E-state index in [4.69, 9.17) is 0 Å². The van der Waals surface area contributed by atoms with Crippen LogP contribution in [0.2, 0.25) is 0 Å². The van der Waals surface area contributed by atoms with Crippen molar-refractivity contribution in [3.05, 3.63) is 57.6 Å². The predicted molar refractivity (Wildman–Crippen MR) is 114 cm³/mol. The van der Waals surface area contributed by atoms with Crippen LogP contribution in [0.15, 0.2) is 46.0 Å². The summed E-state index contributed by atoms with van der Waals surface area (Å²) >= 11 is 4.85. The lowest BCUT2D eigenvalue weighted by molar-refractivity contribution is -0.113. The van der Waals surface area contributed by atoms with Crippen LogP contribution in [0.3, 0.4) is 0 Å². The van der Waals surface area contributed by atoms with Crippen LogP contribution in [0, 0.1) is 20.8 Å². The number of aryl methyl sites for hydroxylation is 3. The first-order valence-corrected chi connectivity index (χ1v) is 10.3. The Bertz CT molecular complexity index is 976. The monoisotopic (exact) mass is 444 g/mol. The summed E-state index contributed by atoms with van der Waals surface area (Å²) in [7, 11) is 1.92. The molecule has 140 valence electrons. The second-order valence-corrected chi connectivity index (χ2v) is 8.34. The minimum absolute atomic E-state index is 0.0615. The lowest BCUT2D eigenvalue weighted by atomic mass is 10.1. The maximum Gasteiger partial charge on any atom is 0.234 e. The number of thioether (sulfide) groups is 1. The fourth-order valence-corrected chi connectivity index (χ4v) is 4.29. The molecule has 0 atom stereocenters. The van der Waals surface area contributed by atoms with Crippen LogP contribution < -0.4 is 5.32 Å². The average molecular weight is 445 g/mol. The van der Waals surface area contributed by atoms with Gasteiger partial charge in [0.25, 0.3) is 0 Å². The van der Waals surface area contributed by atoms with Crippen molar-refractivity contribution in [3.8, 4) is 11.4 Å². The van der Waals surface area contributed by atoms with Gasteiger partial charge >= 0.3 is 0 Å². The second kappa shape index (κ2) is 8.27. The lowest BCUT2D eigenvalue weighted by Gasteiger charge is -2.12. The number of carbonyl (C=O) groups excluding carboxylic acids is 1. The summed E-state index contributed by atoms with van der Waals surface area (Å²) < 4.78 is 2.93. The van der Waals surface area contributed by atoms with Crippen molar-refractivity contribution < 1.29 is 4.79 Å². The molecule has 0 saturated heterocycles. The van der Waals surface area contributed by atoms with E-state index in [1.54, 1.807) is 0 Å². The Labute approximate surface area is 171 Å². The smallest absolute Gasteiger partial charge is 0.234 e. The van der Waals surface area contributed by atoms with Crippen LogP contribution in [0.1, 0.15) is 16.7 Å². The normalized spacial score (nSPS) is 10.9. The average Bonchev–Trinajstić information content (AvgIpc) is 2.97. The van der Waals surface area contributed by atoms with E-state index in [9.17, 15) is 4.79 Å². The maximum atomic E-state index is 12.4. The molecule has 2 aromatic carbocycles. The molecule has 0 aliphatic heterocycles. The Morgan fingerprint density at radius 1 is 1.15 bits per heavy atom. The lowest BCUT2D eigenvalue weighted by Crippen LogP contribution is -2.16. The topological polar surface area (TPSA) is 59.8 Å². The Morgan fingerprint density at radius 3 is 2.52 bits per heavy atom. The SMILES string of the molecule is Cc1cccc(-c2nnc(SCC(=O)Nc3c(C)cc(Br)cc3C)n2C)c1. The van der Waals surface area contributed by atoms with Gasteiger partial charge in [0.2, 0.25) is 5.91 Å². The van der Waals surface area contributed by atoms with Crippen LogP contribution in [0.25, 0.3) is 11.4 Å². The van der Waals surface area contributed by atoms with Gasteiger partial charge in [-0.2, -0.15) is 0 Å². The fraction of sp³-hybridized carbons (Fsp3) is 0.250. The summed E-state index contributed by atoms with van der Waals surface area (Å²) in [6.45, 7) is 6.01. The summed E-state index contributed by atoms with van der Waals surface area (Å²) in [5.74, 6) is 1.00. The molecule has 3 aromatic rings. The third kappa shape index (κ3) is 4.59. The molecule has 0 radical (unpaired) electrons. The van der Waals surface area contributed by atoms with Crippen LogP contribution in [0.4, 0.5) is 5.69 Å². The summed E-state index contributed by atoms with van der Waals surface area (Å²) in [5.41, 5.74) is 5.11. The Morgan fingerprint density at radius 2 is 1.85 bits per heavy atom. The molecule has 1 aromatic heterocycles. The minimum atomic E-state index is -0.0615. The van der Waals surface area contributed by atoms with Crippen molar-refractivity contribution in [3.63, 3.8) is 0 Å². The molecule has 7 heteroatoms. The Hall–Kier alpha value is -2.12. The quantitative estimate of drug-likeness (QED) is 0.568. The van der Waals surface area contributed by atoms with E-state index < -0.39 is 0 Å². The standard InChI is InChI=1S/C20H21BrN4OS/c1-12-6-5-7-15(8-12)19-23-24-20(25(19)4)27-11-17(26)22-18-13(2)9-16(21)10-14(18)3/h5-10H,11H2,1-4H3,(H,22,26). The highest BCUT2D eigenvalue weighted by molar-refractivity contribution is 9.10. The minimum Gasteiger partial charge on any atom is -0.325 e. The molecule has 1 heterocycles. The van der Waals surface area contributed by atoms with E-state index in [-0.39, 0.29) is 11.7 Å². The molecule has 1 N–H and O–H groups in total. The highest BCUT2D eigenvalue weighted by Gasteiger charge is 2.14. The van der Waals surface area contributed by atoms with Crippen LogP contribution in [0.5, 0.6) is 0 Å². The van der Waals surface area contributed by atoms with Gasteiger partial charge in [0.05, 0.1) is 5.75 Å². The van der Waals surface area contributed by atoms with Crippen molar-refractivity contribution in [1.29, 1.82) is 0 Å². The van der Waals surface area contributed by atoms with Crippen molar-refractivity contribution in [2.45, 2.75) is 25.9 Å². The molecule has 0 unspecified atom stereocenters. The van der Waals surface area contributed by atoms with Crippen LogP contribution >= 0.6 is 27.7 Å². The van der Waals surface area contributed by atoms with Crippen LogP contribution in [-0.2, 0) is 11.8 Å². The van der Waals surface area contributed by atoms with Gasteiger partial charge in [0.15, 0.2) is 11.0 Å². The molecule has 0 bridgehead atoms. The van der Waals surface area contributed by atoms with Gasteiger partial charge in [-0.3, -0.25) is 4.79 Å². The number of hydrogen-bond acceptors (Lipinski definition) is 4. The van der Waals surface area contributed by atoms with Gasteiger partial charge in [-0.1, -0.05) is 51.5 Å². The van der Waals surface area contributed by atoms with E-state index >= 15 is 0 Å². The number of carbonyl (C=O) groups is 1. The predicted octanol–water partition coefficient (Wildman–Crippen LogP) is 4.90. The molecule has 27 heavy (non-hydrogen) atoms. The van der Waals surface area contributed by atoms with Crippen molar-refractivity contribution >= 4 is 39.3 Å². The fourth-order valence-electron chi connectivity index (χ4n) is 2.89. The molecule has 5 nitrogen and oxygen atoms in total. The summed E-state index contributed by atoms with van der Waals surface area (Å²) in [4.78, 5) is 12.4. The number of hydrogen-bond donors (Lipinski definition) is 1. The highest BCUT2D eigenvalue weighted by atomic mass is 79.9. The molecule has 1 amide bonds. The van der Waals surface area contributed by atoms with E-state index in [0.717, 1.165) is 32.7 Å². The summed E-state index contributed by atoms with van der Waals surface area (Å²) in [5, 5.41) is 12.2. The number of nitrogens with zero attached hydrogens (tertiary/aromatic N) is 3. The van der Waals surface area contributed by atoms with E-state index in [1.807, 2.05) is 62.7 Å². The Kier molecular flexibility index (Phi) is 6.01. The number of amides is 1. The molecule has 0 aliphatic carbocycles. The van der Waals surface area contributed by atoms with Crippen LogP contribution in [-0.4, -0.2) is 26.4 Å². The zero-order valence-corrected chi connectivity index (χ0v) is 18.1. The molecule has 0 saturated carbocycles. The molecule has 0 spiro atoms. The number of nitrogens with one attached hydrogen (secondary N) is 1. The third-order valence-electron chi connectivity index (χ3n) is 4.21. The van der Waals surface area contributed by atoms with Gasteiger partial charge in [0.1, 0.15) is 0 Å². The summed E-state index contributed by atoms with van der Waals surface area (Å²) in [6.07, 6.45) is 0. The molecular formula is C20H21BrN4OS. The third-order valence-corrected chi connectivity index (χ3v) is 5.68. The molecule has 0 fully saturated rings. The van der Waals surface area contributed by atoms with Gasteiger partial charge in [-0.15, -0.1) is 10.2 Å². The first-order valence-electron chi connectivity index (χ1n) is 8.51. The highest BCUT2D eigenvalue weighted by Crippen LogP contribution is 2.26. The molecule has 3 rings (SSSR count). The second-order valence-electron chi connectivity index (χ2n) is 6.49. The maximum absolute atomic E-state index is 12.4. The van der Waals surface area contributed by atoms with Gasteiger partial charge in [-0.25, -0.2) is 0 Å². The van der Waals surface area contributed by atoms with E-state index in [0.29, 0.717) is 5.16 Å². The number of benzene rings is 2. The molecular weight excluding hydrogens is 424 g/mol. The van der Waals surface area contributed by atoms with Gasteiger partial charge in [0, 0.05) is 22.8 Å². The zero-order valence-electron chi connectivity index (χ0n) is 15.7. The number of anilines is 1.